The van der Waals surface area contributed by atoms with Crippen molar-refractivity contribution in [3.05, 3.63) is 70.8 Å². The predicted molar refractivity (Wildman–Crippen MR) is 116 cm³/mol. The normalized spacial score (nSPS) is 26.6. The molecule has 0 aliphatic heterocycles. The van der Waals surface area contributed by atoms with Crippen LogP contribution in [0.2, 0.25) is 0 Å². The van der Waals surface area contributed by atoms with Gasteiger partial charge in [-0.25, -0.2) is 8.78 Å². The zero-order valence-electron chi connectivity index (χ0n) is 18.4. The lowest BCUT2D eigenvalue weighted by molar-refractivity contribution is -0.200. The third-order valence-electron chi connectivity index (χ3n) is 6.30. The topological polar surface area (TPSA) is 112 Å². The Balaban J connectivity index is 1.56. The molecule has 2 aromatic carbocycles. The number of nitrogens with one attached hydrogen (secondary N) is 1. The monoisotopic (exact) mass is 472 g/mol. The lowest BCUT2D eigenvalue weighted by Gasteiger charge is -2.44. The van der Waals surface area contributed by atoms with Crippen molar-refractivity contribution in [1.29, 1.82) is 5.26 Å². The van der Waals surface area contributed by atoms with E-state index >= 15 is 0 Å². The number of carbonyl (C=O) groups excluding carboxylic acids is 1. The van der Waals surface area contributed by atoms with E-state index in [9.17, 15) is 29.1 Å². The fourth-order valence-corrected chi connectivity index (χ4v) is 4.13. The van der Waals surface area contributed by atoms with E-state index < -0.39 is 41.5 Å². The van der Waals surface area contributed by atoms with Gasteiger partial charge in [0.25, 0.3) is 5.91 Å². The van der Waals surface area contributed by atoms with Crippen LogP contribution in [-0.4, -0.2) is 46.1 Å². The lowest BCUT2D eigenvalue weighted by Crippen LogP contribution is -2.61. The summed E-state index contributed by atoms with van der Waals surface area (Å²) in [6.07, 6.45) is -2.42. The Labute approximate surface area is 195 Å². The Hall–Kier alpha value is -2.90. The second-order valence-electron chi connectivity index (χ2n) is 8.83. The molecule has 0 bridgehead atoms. The molecular weight excluding hydrogens is 446 g/mol. The molecular formula is C25H26F2N2O5. The number of ether oxygens (including phenoxy) is 2. The molecule has 4 atom stereocenters. The summed E-state index contributed by atoms with van der Waals surface area (Å²) in [4.78, 5) is 13.3. The summed E-state index contributed by atoms with van der Waals surface area (Å²) in [5, 5.41) is 33.4. The van der Waals surface area contributed by atoms with Gasteiger partial charge < -0.3 is 25.0 Å². The summed E-state index contributed by atoms with van der Waals surface area (Å²) in [7, 11) is 0. The van der Waals surface area contributed by atoms with Crippen LogP contribution in [0.3, 0.4) is 0 Å². The number of nitriles is 1. The molecule has 2 saturated carbocycles. The molecule has 4 rings (SSSR count). The van der Waals surface area contributed by atoms with Crippen molar-refractivity contribution in [2.75, 3.05) is 0 Å². The molecule has 180 valence electrons. The molecule has 2 aliphatic rings. The number of benzene rings is 2. The first kappa shape index (κ1) is 24.2. The van der Waals surface area contributed by atoms with Crippen LogP contribution < -0.4 is 5.32 Å². The van der Waals surface area contributed by atoms with Crippen molar-refractivity contribution in [3.8, 4) is 6.07 Å². The van der Waals surface area contributed by atoms with E-state index in [0.29, 0.717) is 11.1 Å². The Morgan fingerprint density at radius 2 is 1.82 bits per heavy atom. The first-order valence-corrected chi connectivity index (χ1v) is 11.2. The van der Waals surface area contributed by atoms with Gasteiger partial charge in [0, 0.05) is 24.4 Å². The Bertz CT molecular complexity index is 1090. The highest BCUT2D eigenvalue weighted by atomic mass is 19.2. The van der Waals surface area contributed by atoms with Gasteiger partial charge in [0.15, 0.2) is 17.2 Å². The van der Waals surface area contributed by atoms with Crippen molar-refractivity contribution in [1.82, 2.24) is 5.32 Å². The van der Waals surface area contributed by atoms with Gasteiger partial charge in [0.05, 0.1) is 37.1 Å². The summed E-state index contributed by atoms with van der Waals surface area (Å²) in [6, 6.07) is 12.6. The van der Waals surface area contributed by atoms with Crippen molar-refractivity contribution in [2.24, 2.45) is 0 Å². The number of aliphatic hydroxyl groups is 2. The average Bonchev–Trinajstić information content (AvgIpc) is 3.65. The van der Waals surface area contributed by atoms with Gasteiger partial charge in [0.1, 0.15) is 6.10 Å². The van der Waals surface area contributed by atoms with Crippen molar-refractivity contribution < 1.29 is 33.3 Å². The summed E-state index contributed by atoms with van der Waals surface area (Å²) >= 11 is 0. The maximum absolute atomic E-state index is 14.1. The highest BCUT2D eigenvalue weighted by Gasteiger charge is 2.52. The van der Waals surface area contributed by atoms with E-state index in [4.69, 9.17) is 9.47 Å². The van der Waals surface area contributed by atoms with Crippen LogP contribution in [-0.2, 0) is 27.5 Å². The standard InChI is InChI=1S/C25H26F2N2O5/c26-19-7-3-6-17(22(19)27)13-33-21-11-25(10-20(30)23(21)31,24(32)29-18-8-9-18)34-14-16-5-2-1-4-15(16)12-28/h1-7,18,20-21,23,30-31H,8-11,13-14H2,(H,29,32)/t20-,21+,23-,25+/m1/s1. The number of carbonyl (C=O) groups is 1. The maximum atomic E-state index is 14.1. The van der Waals surface area contributed by atoms with Crippen molar-refractivity contribution in [2.45, 2.75) is 68.9 Å². The van der Waals surface area contributed by atoms with Gasteiger partial charge in [-0.05, 0) is 30.5 Å². The second kappa shape index (κ2) is 10.2. The number of hydrogen-bond donors (Lipinski definition) is 3. The number of aliphatic hydroxyl groups excluding tert-OH is 2. The zero-order chi connectivity index (χ0) is 24.3. The fourth-order valence-electron chi connectivity index (χ4n) is 4.13. The molecule has 2 fully saturated rings. The molecule has 34 heavy (non-hydrogen) atoms. The summed E-state index contributed by atoms with van der Waals surface area (Å²) in [5.74, 6) is -2.53. The molecule has 1 amide bonds. The molecule has 9 heteroatoms. The molecule has 0 spiro atoms. The molecule has 3 N–H and O–H groups in total. The van der Waals surface area contributed by atoms with Crippen LogP contribution in [0, 0.1) is 23.0 Å². The highest BCUT2D eigenvalue weighted by Crippen LogP contribution is 2.37. The van der Waals surface area contributed by atoms with Crippen LogP contribution in [0.4, 0.5) is 8.78 Å². The molecule has 2 aliphatic carbocycles. The van der Waals surface area contributed by atoms with Gasteiger partial charge >= 0.3 is 0 Å². The first-order valence-electron chi connectivity index (χ1n) is 11.2. The Kier molecular flexibility index (Phi) is 7.24. The molecule has 0 radical (unpaired) electrons. The molecule has 2 aromatic rings. The number of hydrogen-bond acceptors (Lipinski definition) is 6. The number of rotatable bonds is 8. The highest BCUT2D eigenvalue weighted by molar-refractivity contribution is 5.86. The van der Waals surface area contributed by atoms with Gasteiger partial charge in [-0.3, -0.25) is 4.79 Å². The van der Waals surface area contributed by atoms with E-state index in [1.807, 2.05) is 0 Å². The second-order valence-corrected chi connectivity index (χ2v) is 8.83. The van der Waals surface area contributed by atoms with Crippen LogP contribution >= 0.6 is 0 Å². The number of halogens is 2. The minimum absolute atomic E-state index is 0.0177. The SMILES string of the molecule is N#Cc1ccccc1CO[C@@]1(C(=O)NC2CC2)C[C@@H](O)[C@@H](O)[C@@H](OCc2cccc(F)c2F)C1. The van der Waals surface area contributed by atoms with Crippen molar-refractivity contribution in [3.63, 3.8) is 0 Å². The number of amides is 1. The summed E-state index contributed by atoms with van der Waals surface area (Å²) in [6.45, 7) is -0.439. The molecule has 0 unspecified atom stereocenters. The minimum Gasteiger partial charge on any atom is -0.390 e. The first-order chi connectivity index (χ1) is 16.3. The quantitative estimate of drug-likeness (QED) is 0.544. The average molecular weight is 472 g/mol. The minimum atomic E-state index is -1.55. The van der Waals surface area contributed by atoms with Gasteiger partial charge in [-0.2, -0.15) is 5.26 Å². The molecule has 0 aromatic heterocycles. The van der Waals surface area contributed by atoms with Crippen LogP contribution in [0.5, 0.6) is 0 Å². The Morgan fingerprint density at radius 1 is 1.09 bits per heavy atom. The van der Waals surface area contributed by atoms with Gasteiger partial charge in [-0.1, -0.05) is 30.3 Å². The largest absolute Gasteiger partial charge is 0.390 e. The van der Waals surface area contributed by atoms with Crippen LogP contribution in [0.1, 0.15) is 42.4 Å². The predicted octanol–water partition coefficient (Wildman–Crippen LogP) is 2.47. The van der Waals surface area contributed by atoms with Gasteiger partial charge in [0.2, 0.25) is 0 Å². The number of nitrogens with zero attached hydrogens (tertiary/aromatic N) is 1. The molecule has 0 saturated heterocycles. The molecule has 7 nitrogen and oxygen atoms in total. The lowest BCUT2D eigenvalue weighted by atomic mass is 9.78. The van der Waals surface area contributed by atoms with E-state index in [1.54, 1.807) is 24.3 Å². The molecule has 0 heterocycles. The van der Waals surface area contributed by atoms with Gasteiger partial charge in [-0.15, -0.1) is 0 Å². The van der Waals surface area contributed by atoms with Crippen molar-refractivity contribution >= 4 is 5.91 Å². The smallest absolute Gasteiger partial charge is 0.252 e. The summed E-state index contributed by atoms with van der Waals surface area (Å²) < 4.78 is 39.4. The third kappa shape index (κ3) is 5.26. The van der Waals surface area contributed by atoms with Crippen LogP contribution in [0.15, 0.2) is 42.5 Å². The Morgan fingerprint density at radius 3 is 2.56 bits per heavy atom. The third-order valence-corrected chi connectivity index (χ3v) is 6.30. The fraction of sp³-hybridized carbons (Fsp3) is 0.440. The van der Waals surface area contributed by atoms with E-state index in [2.05, 4.69) is 11.4 Å². The van der Waals surface area contributed by atoms with E-state index in [1.165, 1.54) is 12.1 Å². The van der Waals surface area contributed by atoms with E-state index in [0.717, 1.165) is 18.9 Å². The summed E-state index contributed by atoms with van der Waals surface area (Å²) in [5.41, 5.74) is -0.631. The van der Waals surface area contributed by atoms with Crippen LogP contribution in [0.25, 0.3) is 0 Å². The maximum Gasteiger partial charge on any atom is 0.252 e. The zero-order valence-corrected chi connectivity index (χ0v) is 18.4. The van der Waals surface area contributed by atoms with E-state index in [-0.39, 0.29) is 37.7 Å².